The molecule has 0 bridgehead atoms. The zero-order valence-corrected chi connectivity index (χ0v) is 19.1. The average Bonchev–Trinajstić information content (AvgIpc) is 3.10. The number of imidazole rings is 1. The Balaban J connectivity index is 1.61. The minimum absolute atomic E-state index is 0.0602. The molecule has 0 radical (unpaired) electrons. The normalized spacial score (nSPS) is 13.0. The van der Waals surface area contributed by atoms with Gasteiger partial charge in [0, 0.05) is 19.1 Å². The van der Waals surface area contributed by atoms with Gasteiger partial charge < -0.3 is 24.8 Å². The highest BCUT2D eigenvalue weighted by molar-refractivity contribution is 7.66. The number of hydrogen-bond donors (Lipinski definition) is 2. The molecule has 172 valence electrons. The maximum Gasteiger partial charge on any atom is 0.320 e. The van der Waals surface area contributed by atoms with E-state index in [9.17, 15) is 9.67 Å². The lowest BCUT2D eigenvalue weighted by Crippen LogP contribution is -2.09. The largest absolute Gasteiger partial charge is 0.480 e. The minimum Gasteiger partial charge on any atom is -0.480 e. The third kappa shape index (κ3) is 5.08. The second kappa shape index (κ2) is 9.48. The van der Waals surface area contributed by atoms with Crippen molar-refractivity contribution in [1.29, 1.82) is 0 Å². The molecular formula is C22H24N5O5P. The van der Waals surface area contributed by atoms with Crippen LogP contribution in [0.2, 0.25) is 0 Å². The first-order valence-corrected chi connectivity index (χ1v) is 12.2. The summed E-state index contributed by atoms with van der Waals surface area (Å²) in [5.41, 5.74) is 7.35. The van der Waals surface area contributed by atoms with Gasteiger partial charge in [-0.15, -0.1) is 0 Å². The fourth-order valence-electron chi connectivity index (χ4n) is 3.25. The number of nitrogens with zero attached hydrogens (tertiary/aromatic N) is 4. The number of rotatable bonds is 9. The number of aromatic hydroxyl groups is 1. The molecule has 3 N–H and O–H groups in total. The van der Waals surface area contributed by atoms with Gasteiger partial charge in [-0.25, -0.2) is 0 Å². The Bertz CT molecular complexity index is 1310. The molecule has 4 aromatic rings. The van der Waals surface area contributed by atoms with E-state index in [0.717, 1.165) is 5.56 Å². The number of methoxy groups -OCH3 is 1. The van der Waals surface area contributed by atoms with Gasteiger partial charge in [0.05, 0.1) is 13.2 Å². The van der Waals surface area contributed by atoms with Gasteiger partial charge in [-0.05, 0) is 29.8 Å². The molecule has 0 spiro atoms. The third-order valence-corrected chi connectivity index (χ3v) is 6.64. The summed E-state index contributed by atoms with van der Waals surface area (Å²) in [5, 5.41) is 11.0. The van der Waals surface area contributed by atoms with E-state index in [1.807, 2.05) is 24.3 Å². The second-order valence-electron chi connectivity index (χ2n) is 7.32. The van der Waals surface area contributed by atoms with Crippen LogP contribution in [0.4, 0.5) is 5.82 Å². The fourth-order valence-corrected chi connectivity index (χ4v) is 4.59. The van der Waals surface area contributed by atoms with Crippen LogP contribution in [0.25, 0.3) is 11.2 Å². The van der Waals surface area contributed by atoms with Crippen molar-refractivity contribution in [2.24, 2.45) is 0 Å². The summed E-state index contributed by atoms with van der Waals surface area (Å²) < 4.78 is 30.9. The van der Waals surface area contributed by atoms with Crippen LogP contribution in [0.1, 0.15) is 5.56 Å². The van der Waals surface area contributed by atoms with Crippen LogP contribution >= 0.6 is 7.37 Å². The molecule has 0 saturated carbocycles. The predicted octanol–water partition coefficient (Wildman–Crippen LogP) is 2.80. The molecular weight excluding hydrogens is 445 g/mol. The Morgan fingerprint density at radius 1 is 1.06 bits per heavy atom. The van der Waals surface area contributed by atoms with Crippen LogP contribution in [0.3, 0.4) is 0 Å². The van der Waals surface area contributed by atoms with E-state index in [-0.39, 0.29) is 36.5 Å². The van der Waals surface area contributed by atoms with Crippen molar-refractivity contribution in [3.63, 3.8) is 0 Å². The van der Waals surface area contributed by atoms with Crippen molar-refractivity contribution < 1.29 is 23.7 Å². The topological polar surface area (TPSA) is 135 Å². The highest BCUT2D eigenvalue weighted by atomic mass is 31.2. The Morgan fingerprint density at radius 2 is 1.85 bits per heavy atom. The number of hydrogen-bond acceptors (Lipinski definition) is 9. The summed E-state index contributed by atoms with van der Waals surface area (Å²) in [4.78, 5) is 12.5. The van der Waals surface area contributed by atoms with Crippen molar-refractivity contribution in [2.45, 2.75) is 6.54 Å². The zero-order valence-electron chi connectivity index (χ0n) is 18.2. The van der Waals surface area contributed by atoms with Crippen LogP contribution in [0.15, 0.2) is 54.6 Å². The highest BCUT2D eigenvalue weighted by Crippen LogP contribution is 2.42. The van der Waals surface area contributed by atoms with E-state index in [4.69, 9.17) is 19.7 Å². The SMILES string of the molecule is COCCOc1nc(N)c2nc(O)n(Cc3cccc(OP(C)(=O)c4ccccc4)c3)c2n1. The van der Waals surface area contributed by atoms with Gasteiger partial charge >= 0.3 is 6.01 Å². The van der Waals surface area contributed by atoms with Gasteiger partial charge in [-0.3, -0.25) is 9.13 Å². The highest BCUT2D eigenvalue weighted by Gasteiger charge is 2.21. The molecule has 11 heteroatoms. The number of benzene rings is 2. The van der Waals surface area contributed by atoms with E-state index < -0.39 is 7.37 Å². The zero-order chi connectivity index (χ0) is 23.4. The van der Waals surface area contributed by atoms with E-state index in [0.29, 0.717) is 23.3 Å². The van der Waals surface area contributed by atoms with Crippen LogP contribution < -0.4 is 20.3 Å². The average molecular weight is 469 g/mol. The summed E-state index contributed by atoms with van der Waals surface area (Å²) in [5.74, 6) is 0.539. The lowest BCUT2D eigenvalue weighted by Gasteiger charge is -2.16. The summed E-state index contributed by atoms with van der Waals surface area (Å²) in [6.45, 7) is 2.41. The molecule has 0 aliphatic carbocycles. The van der Waals surface area contributed by atoms with Gasteiger partial charge in [0.25, 0.3) is 13.4 Å². The first-order chi connectivity index (χ1) is 15.9. The Labute approximate surface area is 190 Å². The number of fused-ring (bicyclic) bond motifs is 1. The maximum absolute atomic E-state index is 13.1. The van der Waals surface area contributed by atoms with Crippen LogP contribution in [0.5, 0.6) is 17.8 Å². The van der Waals surface area contributed by atoms with Gasteiger partial charge in [0.2, 0.25) is 0 Å². The van der Waals surface area contributed by atoms with Crippen molar-refractivity contribution >= 4 is 29.7 Å². The van der Waals surface area contributed by atoms with Gasteiger partial charge in [0.1, 0.15) is 12.4 Å². The summed E-state index contributed by atoms with van der Waals surface area (Å²) >= 11 is 0. The third-order valence-electron chi connectivity index (χ3n) is 4.84. The Morgan fingerprint density at radius 3 is 2.61 bits per heavy atom. The molecule has 1 atom stereocenters. The van der Waals surface area contributed by atoms with E-state index in [1.54, 1.807) is 44.1 Å². The number of anilines is 1. The monoisotopic (exact) mass is 469 g/mol. The van der Waals surface area contributed by atoms with Crippen LogP contribution in [0, 0.1) is 0 Å². The maximum atomic E-state index is 13.1. The van der Waals surface area contributed by atoms with Crippen molar-refractivity contribution in [2.75, 3.05) is 32.7 Å². The molecule has 0 aliphatic rings. The first kappa shape index (κ1) is 22.6. The number of nitrogen functional groups attached to an aromatic ring is 1. The van der Waals surface area contributed by atoms with Crippen LogP contribution in [-0.4, -0.2) is 51.6 Å². The molecule has 0 amide bonds. The molecule has 2 heterocycles. The van der Waals surface area contributed by atoms with Crippen molar-refractivity contribution in [3.05, 3.63) is 60.2 Å². The molecule has 33 heavy (non-hydrogen) atoms. The standard InChI is InChI=1S/C22H24N5O5P/c1-30-11-12-31-21-25-19(23)18-20(26-21)27(22(28)24-18)14-15-7-6-8-16(13-15)32-33(2,29)17-9-4-3-5-10-17/h3-10,13H,11-12,14H2,1-2H3,(H,24,28)(H2,23,25,26). The van der Waals surface area contributed by atoms with E-state index in [2.05, 4.69) is 15.0 Å². The van der Waals surface area contributed by atoms with E-state index >= 15 is 0 Å². The fraction of sp³-hybridized carbons (Fsp3) is 0.227. The lowest BCUT2D eigenvalue weighted by molar-refractivity contribution is 0.141. The van der Waals surface area contributed by atoms with E-state index in [1.165, 1.54) is 4.57 Å². The van der Waals surface area contributed by atoms with Gasteiger partial charge in [-0.2, -0.15) is 15.0 Å². The molecule has 10 nitrogen and oxygen atoms in total. The van der Waals surface area contributed by atoms with Gasteiger partial charge in [-0.1, -0.05) is 30.3 Å². The lowest BCUT2D eigenvalue weighted by atomic mass is 10.2. The van der Waals surface area contributed by atoms with Crippen LogP contribution in [-0.2, 0) is 15.8 Å². The molecule has 0 fully saturated rings. The van der Waals surface area contributed by atoms with Gasteiger partial charge in [0.15, 0.2) is 17.0 Å². The molecule has 2 aromatic carbocycles. The molecule has 0 saturated heterocycles. The number of nitrogens with two attached hydrogens (primary N) is 1. The number of ether oxygens (including phenoxy) is 2. The van der Waals surface area contributed by atoms with Crippen molar-refractivity contribution in [3.8, 4) is 17.8 Å². The number of aromatic nitrogens is 4. The first-order valence-electron chi connectivity index (χ1n) is 10.1. The molecule has 0 aliphatic heterocycles. The molecule has 2 aromatic heterocycles. The predicted molar refractivity (Wildman–Crippen MR) is 125 cm³/mol. The Hall–Kier alpha value is -3.62. The summed E-state index contributed by atoms with van der Waals surface area (Å²) in [6, 6.07) is 16.0. The molecule has 4 rings (SSSR count). The van der Waals surface area contributed by atoms with Crippen molar-refractivity contribution in [1.82, 2.24) is 19.5 Å². The summed E-state index contributed by atoms with van der Waals surface area (Å²) in [6.07, 6.45) is 0. The smallest absolute Gasteiger partial charge is 0.320 e. The Kier molecular flexibility index (Phi) is 6.48. The second-order valence-corrected chi connectivity index (χ2v) is 9.71. The minimum atomic E-state index is -3.06. The quantitative estimate of drug-likeness (QED) is 0.280. The molecule has 1 unspecified atom stereocenters. The summed E-state index contributed by atoms with van der Waals surface area (Å²) in [7, 11) is -1.51.